The van der Waals surface area contributed by atoms with Crippen LogP contribution in [-0.4, -0.2) is 18.2 Å². The van der Waals surface area contributed by atoms with Crippen LogP contribution in [0, 0.1) is 11.7 Å². The molecular formula is C23H26ClFN2O2S. The molecule has 0 spiro atoms. The summed E-state index contributed by atoms with van der Waals surface area (Å²) in [5.74, 6) is -0.00266. The van der Waals surface area contributed by atoms with E-state index in [9.17, 15) is 8.42 Å². The van der Waals surface area contributed by atoms with E-state index in [0.717, 1.165) is 23.0 Å². The summed E-state index contributed by atoms with van der Waals surface area (Å²) < 4.78 is 44.9. The molecule has 0 unspecified atom stereocenters. The molecule has 4 nitrogen and oxygen atoms in total. The molecule has 1 N–H and O–H groups in total. The second-order valence-corrected chi connectivity index (χ2v) is 10.9. The Morgan fingerprint density at radius 1 is 1.17 bits per heavy atom. The number of rotatable bonds is 7. The first kappa shape index (κ1) is 21.3. The van der Waals surface area contributed by atoms with Crippen LogP contribution >= 0.6 is 11.6 Å². The fraction of sp³-hybridized carbons (Fsp3) is 0.391. The second-order valence-electron chi connectivity index (χ2n) is 8.54. The SMILES string of the molecule is CC(C)Cn1cc([C@@H](C)NS(=O)(=O)C2CC2)c2cc(F)c(-c3ccccc3Cl)cc21. The lowest BCUT2D eigenvalue weighted by Crippen LogP contribution is -2.29. The molecule has 0 saturated heterocycles. The Hall–Kier alpha value is -1.89. The Kier molecular flexibility index (Phi) is 5.68. The minimum atomic E-state index is -3.35. The number of halogens is 2. The summed E-state index contributed by atoms with van der Waals surface area (Å²) in [7, 11) is -3.35. The summed E-state index contributed by atoms with van der Waals surface area (Å²) in [5.41, 5.74) is 2.72. The van der Waals surface area contributed by atoms with E-state index in [1.165, 1.54) is 6.07 Å². The smallest absolute Gasteiger partial charge is 0.215 e. The average Bonchev–Trinajstić information content (AvgIpc) is 3.46. The van der Waals surface area contributed by atoms with Gasteiger partial charge in [-0.15, -0.1) is 0 Å². The molecule has 1 fully saturated rings. The van der Waals surface area contributed by atoms with Gasteiger partial charge in [0, 0.05) is 45.8 Å². The second kappa shape index (κ2) is 7.98. The minimum Gasteiger partial charge on any atom is -0.347 e. The molecule has 0 radical (unpaired) electrons. The van der Waals surface area contributed by atoms with Gasteiger partial charge in [-0.25, -0.2) is 17.5 Å². The van der Waals surface area contributed by atoms with E-state index in [1.807, 2.05) is 31.3 Å². The van der Waals surface area contributed by atoms with Crippen LogP contribution in [0.25, 0.3) is 22.0 Å². The Labute approximate surface area is 182 Å². The average molecular weight is 449 g/mol. The third-order valence-corrected chi connectivity index (χ3v) is 7.86. The molecule has 1 aliphatic rings. The van der Waals surface area contributed by atoms with Crippen molar-refractivity contribution in [3.8, 4) is 11.1 Å². The highest BCUT2D eigenvalue weighted by Gasteiger charge is 2.37. The molecule has 1 aliphatic carbocycles. The molecule has 160 valence electrons. The van der Waals surface area contributed by atoms with Crippen LogP contribution < -0.4 is 4.72 Å². The number of fused-ring (bicyclic) bond motifs is 1. The Morgan fingerprint density at radius 2 is 1.87 bits per heavy atom. The molecule has 3 aromatic rings. The van der Waals surface area contributed by atoms with Crippen molar-refractivity contribution in [2.45, 2.75) is 51.4 Å². The molecule has 1 saturated carbocycles. The molecule has 2 aromatic carbocycles. The van der Waals surface area contributed by atoms with Crippen molar-refractivity contribution in [2.75, 3.05) is 0 Å². The number of aromatic nitrogens is 1. The highest BCUT2D eigenvalue weighted by molar-refractivity contribution is 7.90. The van der Waals surface area contributed by atoms with Gasteiger partial charge in [-0.1, -0.05) is 43.6 Å². The summed E-state index contributed by atoms with van der Waals surface area (Å²) in [5, 5.41) is 0.908. The van der Waals surface area contributed by atoms with E-state index in [4.69, 9.17) is 11.6 Å². The van der Waals surface area contributed by atoms with Crippen molar-refractivity contribution < 1.29 is 12.8 Å². The van der Waals surface area contributed by atoms with Crippen LogP contribution in [0.3, 0.4) is 0 Å². The minimum absolute atomic E-state index is 0.299. The molecule has 30 heavy (non-hydrogen) atoms. The number of hydrogen-bond donors (Lipinski definition) is 1. The summed E-state index contributed by atoms with van der Waals surface area (Å²) in [4.78, 5) is 0. The summed E-state index contributed by atoms with van der Waals surface area (Å²) >= 11 is 6.32. The van der Waals surface area contributed by atoms with E-state index in [1.54, 1.807) is 12.1 Å². The van der Waals surface area contributed by atoms with Crippen LogP contribution in [0.4, 0.5) is 4.39 Å². The highest BCUT2D eigenvalue weighted by Crippen LogP contribution is 2.37. The first-order valence-electron chi connectivity index (χ1n) is 10.3. The summed E-state index contributed by atoms with van der Waals surface area (Å²) in [6.07, 6.45) is 3.35. The third kappa shape index (κ3) is 4.13. The van der Waals surface area contributed by atoms with Crippen LogP contribution in [0.5, 0.6) is 0 Å². The molecule has 1 aromatic heterocycles. The Morgan fingerprint density at radius 3 is 2.50 bits per heavy atom. The zero-order valence-electron chi connectivity index (χ0n) is 17.3. The van der Waals surface area contributed by atoms with E-state index in [0.29, 0.717) is 34.9 Å². The number of hydrogen-bond acceptors (Lipinski definition) is 2. The highest BCUT2D eigenvalue weighted by atomic mass is 35.5. The van der Waals surface area contributed by atoms with E-state index < -0.39 is 16.1 Å². The maximum atomic E-state index is 15.2. The first-order valence-corrected chi connectivity index (χ1v) is 12.2. The van der Waals surface area contributed by atoms with E-state index in [-0.39, 0.29) is 11.1 Å². The van der Waals surface area contributed by atoms with Gasteiger partial charge >= 0.3 is 0 Å². The predicted molar refractivity (Wildman–Crippen MR) is 121 cm³/mol. The van der Waals surface area contributed by atoms with Crippen molar-refractivity contribution >= 4 is 32.5 Å². The molecule has 0 amide bonds. The largest absolute Gasteiger partial charge is 0.347 e. The lowest BCUT2D eigenvalue weighted by atomic mass is 10.0. The third-order valence-electron chi connectivity index (χ3n) is 5.50. The van der Waals surface area contributed by atoms with Gasteiger partial charge in [-0.2, -0.15) is 0 Å². The van der Waals surface area contributed by atoms with Gasteiger partial charge in [0.2, 0.25) is 10.0 Å². The Bertz CT molecular complexity index is 1200. The van der Waals surface area contributed by atoms with Gasteiger partial charge in [0.15, 0.2) is 0 Å². The predicted octanol–water partition coefficient (Wildman–Crippen LogP) is 5.90. The molecule has 7 heteroatoms. The van der Waals surface area contributed by atoms with Crippen molar-refractivity contribution in [3.05, 3.63) is 59.0 Å². The number of nitrogens with zero attached hydrogens (tertiary/aromatic N) is 1. The van der Waals surface area contributed by atoms with Crippen LogP contribution in [-0.2, 0) is 16.6 Å². The first-order chi connectivity index (χ1) is 14.2. The number of sulfonamides is 1. The zero-order valence-corrected chi connectivity index (χ0v) is 18.9. The van der Waals surface area contributed by atoms with Crippen molar-refractivity contribution in [3.63, 3.8) is 0 Å². The monoisotopic (exact) mass is 448 g/mol. The standard InChI is InChI=1S/C23H26ClFN2O2S/c1-14(2)12-27-13-20(15(3)26-30(28,29)16-8-9-16)19-10-22(25)18(11-23(19)27)17-6-4-5-7-21(17)24/h4-7,10-11,13-16,26H,8-9,12H2,1-3H3/t15-/m1/s1. The topological polar surface area (TPSA) is 51.1 Å². The fourth-order valence-corrected chi connectivity index (χ4v) is 5.70. The zero-order chi connectivity index (χ0) is 21.6. The maximum Gasteiger partial charge on any atom is 0.215 e. The van der Waals surface area contributed by atoms with Gasteiger partial charge in [0.25, 0.3) is 0 Å². The van der Waals surface area contributed by atoms with Crippen molar-refractivity contribution in [1.29, 1.82) is 0 Å². The normalized spacial score (nSPS) is 15.8. The summed E-state index contributed by atoms with van der Waals surface area (Å²) in [6.45, 7) is 6.78. The van der Waals surface area contributed by atoms with Crippen molar-refractivity contribution in [1.82, 2.24) is 9.29 Å². The Balaban J connectivity index is 1.84. The molecule has 4 rings (SSSR count). The van der Waals surface area contributed by atoms with E-state index in [2.05, 4.69) is 23.1 Å². The molecular weight excluding hydrogens is 423 g/mol. The maximum absolute atomic E-state index is 15.2. The van der Waals surface area contributed by atoms with Crippen LogP contribution in [0.2, 0.25) is 5.02 Å². The van der Waals surface area contributed by atoms with Crippen LogP contribution in [0.15, 0.2) is 42.6 Å². The van der Waals surface area contributed by atoms with Gasteiger partial charge < -0.3 is 4.57 Å². The molecule has 1 heterocycles. The van der Waals surface area contributed by atoms with Crippen molar-refractivity contribution in [2.24, 2.45) is 5.92 Å². The molecule has 1 atom stereocenters. The quantitative estimate of drug-likeness (QED) is 0.489. The van der Waals surface area contributed by atoms with Gasteiger partial charge in [0.1, 0.15) is 5.82 Å². The van der Waals surface area contributed by atoms with Gasteiger partial charge in [-0.05, 0) is 49.4 Å². The lowest BCUT2D eigenvalue weighted by molar-refractivity contribution is 0.532. The number of benzene rings is 2. The molecule has 0 bridgehead atoms. The van der Waals surface area contributed by atoms with Gasteiger partial charge in [0.05, 0.1) is 5.25 Å². The van der Waals surface area contributed by atoms with Crippen LogP contribution in [0.1, 0.15) is 45.2 Å². The molecule has 0 aliphatic heterocycles. The van der Waals surface area contributed by atoms with Gasteiger partial charge in [-0.3, -0.25) is 0 Å². The summed E-state index contributed by atoms with van der Waals surface area (Å²) in [6, 6.07) is 10.1. The fourth-order valence-electron chi connectivity index (χ4n) is 3.90. The number of nitrogens with one attached hydrogen (secondary N) is 1. The van der Waals surface area contributed by atoms with E-state index >= 15 is 4.39 Å². The lowest BCUT2D eigenvalue weighted by Gasteiger charge is -2.14.